The molecule has 0 atom stereocenters. The molecule has 4 nitrogen and oxygen atoms in total. The summed E-state index contributed by atoms with van der Waals surface area (Å²) in [4.78, 5) is 23.0. The highest BCUT2D eigenvalue weighted by Gasteiger charge is 2.26. The maximum Gasteiger partial charge on any atom is 0.306 e. The van der Waals surface area contributed by atoms with E-state index in [1.807, 2.05) is 0 Å². The Kier molecular flexibility index (Phi) is 10.5. The van der Waals surface area contributed by atoms with Gasteiger partial charge in [0.1, 0.15) is 6.61 Å². The van der Waals surface area contributed by atoms with Crippen LogP contribution in [0.4, 0.5) is 22.0 Å². The van der Waals surface area contributed by atoms with Gasteiger partial charge in [-0.3, -0.25) is 9.59 Å². The molecule has 0 aliphatic rings. The number of hydrogen-bond acceptors (Lipinski definition) is 4. The second-order valence-electron chi connectivity index (χ2n) is 6.20. The quantitative estimate of drug-likeness (QED) is 0.158. The third-order valence-corrected chi connectivity index (χ3v) is 3.97. The molecular weight excluding hydrogens is 387 g/mol. The Bertz CT molecular complexity index is 650. The molecule has 0 aliphatic heterocycles. The molecule has 158 valence electrons. The van der Waals surface area contributed by atoms with Crippen LogP contribution in [0.1, 0.15) is 63.9 Å². The molecule has 0 unspecified atom stereocenters. The summed E-state index contributed by atoms with van der Waals surface area (Å²) in [5, 5.41) is 0. The Morgan fingerprint density at radius 1 is 0.679 bits per heavy atom. The molecule has 0 bridgehead atoms. The predicted molar refractivity (Wildman–Crippen MR) is 89.6 cm³/mol. The summed E-state index contributed by atoms with van der Waals surface area (Å²) < 4.78 is 75.4. The molecule has 0 heterocycles. The van der Waals surface area contributed by atoms with E-state index in [0.717, 1.165) is 32.1 Å². The number of carbonyl (C=O) groups is 2. The third kappa shape index (κ3) is 7.44. The maximum absolute atomic E-state index is 13.5. The Hall–Kier alpha value is -2.19. The first-order chi connectivity index (χ1) is 13.3. The van der Waals surface area contributed by atoms with Crippen molar-refractivity contribution in [2.75, 3.05) is 6.61 Å². The van der Waals surface area contributed by atoms with E-state index in [4.69, 9.17) is 4.74 Å². The molecule has 0 N–H and O–H groups in total. The SMILES string of the molecule is CCCCCCCCOC(=O)CCC(=O)OCc1c(F)c(F)c(F)c(F)c1F. The van der Waals surface area contributed by atoms with Crippen molar-refractivity contribution in [3.05, 3.63) is 34.6 Å². The lowest BCUT2D eigenvalue weighted by atomic mass is 10.1. The van der Waals surface area contributed by atoms with Crippen LogP contribution in [0, 0.1) is 29.1 Å². The Morgan fingerprint density at radius 3 is 1.71 bits per heavy atom. The normalized spacial score (nSPS) is 10.8. The van der Waals surface area contributed by atoms with Gasteiger partial charge in [-0.15, -0.1) is 0 Å². The first-order valence-corrected chi connectivity index (χ1v) is 9.11. The minimum Gasteiger partial charge on any atom is -0.466 e. The third-order valence-electron chi connectivity index (χ3n) is 3.97. The van der Waals surface area contributed by atoms with Gasteiger partial charge in [0.25, 0.3) is 0 Å². The summed E-state index contributed by atoms with van der Waals surface area (Å²) >= 11 is 0. The number of benzene rings is 1. The average molecular weight is 410 g/mol. The average Bonchev–Trinajstić information content (AvgIpc) is 2.68. The van der Waals surface area contributed by atoms with Gasteiger partial charge in [0, 0.05) is 0 Å². The highest BCUT2D eigenvalue weighted by molar-refractivity contribution is 5.77. The van der Waals surface area contributed by atoms with E-state index in [1.54, 1.807) is 0 Å². The van der Waals surface area contributed by atoms with E-state index < -0.39 is 59.6 Å². The van der Waals surface area contributed by atoms with Gasteiger partial charge in [0.15, 0.2) is 23.3 Å². The Labute approximate surface area is 160 Å². The second-order valence-corrected chi connectivity index (χ2v) is 6.20. The van der Waals surface area contributed by atoms with Gasteiger partial charge in [-0.1, -0.05) is 39.0 Å². The van der Waals surface area contributed by atoms with Crippen molar-refractivity contribution in [3.63, 3.8) is 0 Å². The molecular formula is C19H23F5O4. The molecule has 1 rings (SSSR count). The van der Waals surface area contributed by atoms with Crippen LogP contribution < -0.4 is 0 Å². The first kappa shape index (κ1) is 23.8. The lowest BCUT2D eigenvalue weighted by molar-refractivity contribution is -0.151. The summed E-state index contributed by atoms with van der Waals surface area (Å²) in [6, 6.07) is 0. The summed E-state index contributed by atoms with van der Waals surface area (Å²) in [6.07, 6.45) is 5.35. The number of esters is 2. The highest BCUT2D eigenvalue weighted by atomic mass is 19.2. The van der Waals surface area contributed by atoms with E-state index in [-0.39, 0.29) is 13.0 Å². The number of carbonyl (C=O) groups excluding carboxylic acids is 2. The van der Waals surface area contributed by atoms with Crippen molar-refractivity contribution < 1.29 is 41.0 Å². The fraction of sp³-hybridized carbons (Fsp3) is 0.579. The van der Waals surface area contributed by atoms with Gasteiger partial charge < -0.3 is 9.47 Å². The van der Waals surface area contributed by atoms with Crippen LogP contribution in [-0.2, 0) is 25.7 Å². The zero-order valence-corrected chi connectivity index (χ0v) is 15.6. The minimum atomic E-state index is -2.29. The molecule has 0 spiro atoms. The Morgan fingerprint density at radius 2 is 1.14 bits per heavy atom. The number of rotatable bonds is 12. The second kappa shape index (κ2) is 12.3. The largest absolute Gasteiger partial charge is 0.466 e. The number of ether oxygens (including phenoxy) is 2. The van der Waals surface area contributed by atoms with Crippen LogP contribution in [0.5, 0.6) is 0 Å². The van der Waals surface area contributed by atoms with Gasteiger partial charge in [0.05, 0.1) is 25.0 Å². The van der Waals surface area contributed by atoms with E-state index in [9.17, 15) is 31.5 Å². The van der Waals surface area contributed by atoms with E-state index >= 15 is 0 Å². The Balaban J connectivity index is 2.32. The fourth-order valence-electron chi connectivity index (χ4n) is 2.35. The van der Waals surface area contributed by atoms with Gasteiger partial charge >= 0.3 is 11.9 Å². The maximum atomic E-state index is 13.5. The van der Waals surface area contributed by atoms with Crippen LogP contribution in [0.25, 0.3) is 0 Å². The lowest BCUT2D eigenvalue weighted by Crippen LogP contribution is -2.13. The van der Waals surface area contributed by atoms with Gasteiger partial charge in [-0.05, 0) is 6.42 Å². The van der Waals surface area contributed by atoms with Crippen molar-refractivity contribution in [3.8, 4) is 0 Å². The molecule has 0 fully saturated rings. The van der Waals surface area contributed by atoms with Crippen molar-refractivity contribution in [2.45, 2.75) is 64.9 Å². The highest BCUT2D eigenvalue weighted by Crippen LogP contribution is 2.23. The van der Waals surface area contributed by atoms with Gasteiger partial charge in [-0.25, -0.2) is 22.0 Å². The molecule has 1 aromatic rings. The molecule has 0 saturated carbocycles. The first-order valence-electron chi connectivity index (χ1n) is 9.11. The number of unbranched alkanes of at least 4 members (excludes halogenated alkanes) is 5. The molecule has 9 heteroatoms. The number of halogens is 5. The van der Waals surface area contributed by atoms with E-state index in [1.165, 1.54) is 0 Å². The molecule has 0 amide bonds. The predicted octanol–water partition coefficient (Wildman–Crippen LogP) is 5.11. The van der Waals surface area contributed by atoms with Crippen LogP contribution in [0.3, 0.4) is 0 Å². The van der Waals surface area contributed by atoms with Crippen LogP contribution in [0.2, 0.25) is 0 Å². The van der Waals surface area contributed by atoms with Crippen LogP contribution >= 0.6 is 0 Å². The molecule has 0 radical (unpaired) electrons. The van der Waals surface area contributed by atoms with Crippen LogP contribution in [0.15, 0.2) is 0 Å². The summed E-state index contributed by atoms with van der Waals surface area (Å²) in [5.41, 5.74) is -1.25. The molecule has 28 heavy (non-hydrogen) atoms. The van der Waals surface area contributed by atoms with Gasteiger partial charge in [-0.2, -0.15) is 0 Å². The van der Waals surface area contributed by atoms with Crippen molar-refractivity contribution in [1.29, 1.82) is 0 Å². The van der Waals surface area contributed by atoms with E-state index in [2.05, 4.69) is 11.7 Å². The standard InChI is InChI=1S/C19H23F5O4/c1-2-3-4-5-6-7-10-27-13(25)8-9-14(26)28-11-12-15(20)17(22)19(24)18(23)16(12)21/h2-11H2,1H3. The number of hydrogen-bond donors (Lipinski definition) is 0. The van der Waals surface area contributed by atoms with Gasteiger partial charge in [0.2, 0.25) is 5.82 Å². The molecule has 0 aliphatic carbocycles. The summed E-state index contributed by atoms with van der Waals surface area (Å²) in [5.74, 6) is -12.3. The molecule has 1 aromatic carbocycles. The fourth-order valence-corrected chi connectivity index (χ4v) is 2.35. The monoisotopic (exact) mass is 410 g/mol. The smallest absolute Gasteiger partial charge is 0.306 e. The zero-order chi connectivity index (χ0) is 21.1. The van der Waals surface area contributed by atoms with E-state index in [0.29, 0.717) is 6.42 Å². The van der Waals surface area contributed by atoms with Crippen molar-refractivity contribution >= 4 is 11.9 Å². The molecule has 0 aromatic heterocycles. The van der Waals surface area contributed by atoms with Crippen LogP contribution in [-0.4, -0.2) is 18.5 Å². The summed E-state index contributed by atoms with van der Waals surface area (Å²) in [6.45, 7) is 1.19. The molecule has 0 saturated heterocycles. The van der Waals surface area contributed by atoms with Crippen molar-refractivity contribution in [1.82, 2.24) is 0 Å². The zero-order valence-electron chi connectivity index (χ0n) is 15.6. The topological polar surface area (TPSA) is 52.6 Å². The lowest BCUT2D eigenvalue weighted by Gasteiger charge is -2.09. The summed E-state index contributed by atoms with van der Waals surface area (Å²) in [7, 11) is 0. The minimum absolute atomic E-state index is 0.227. The van der Waals surface area contributed by atoms with Crippen molar-refractivity contribution in [2.24, 2.45) is 0 Å².